The number of aryl methyl sites for hydroxylation is 1. The van der Waals surface area contributed by atoms with Crippen molar-refractivity contribution >= 4 is 40.0 Å². The molecule has 4 N–H and O–H groups in total. The Balaban J connectivity index is 1.41. The first-order chi connectivity index (χ1) is 15.6. The molecular formula is C21H19N9O2. The molecule has 2 amide bonds. The van der Waals surface area contributed by atoms with Gasteiger partial charge in [-0.1, -0.05) is 5.16 Å². The molecule has 5 aromatic heterocycles. The van der Waals surface area contributed by atoms with Gasteiger partial charge in [0.1, 0.15) is 23.6 Å². The molecule has 32 heavy (non-hydrogen) atoms. The molecule has 6 rings (SSSR count). The van der Waals surface area contributed by atoms with Crippen LogP contribution in [0.5, 0.6) is 0 Å². The Kier molecular flexibility index (Phi) is 3.90. The Bertz CT molecular complexity index is 1490. The third-order valence-corrected chi connectivity index (χ3v) is 5.52. The van der Waals surface area contributed by atoms with E-state index in [1.165, 1.54) is 6.33 Å². The number of nitrogens with one attached hydrogen (secondary N) is 2. The van der Waals surface area contributed by atoms with Gasteiger partial charge in [0.15, 0.2) is 11.5 Å². The van der Waals surface area contributed by atoms with Crippen molar-refractivity contribution in [3.63, 3.8) is 0 Å². The zero-order valence-electron chi connectivity index (χ0n) is 17.1. The van der Waals surface area contributed by atoms with Crippen molar-refractivity contribution in [1.29, 1.82) is 0 Å². The summed E-state index contributed by atoms with van der Waals surface area (Å²) in [7, 11) is 0. The summed E-state index contributed by atoms with van der Waals surface area (Å²) >= 11 is 0. The number of fused-ring (bicyclic) bond motifs is 2. The molecule has 1 aliphatic carbocycles. The highest BCUT2D eigenvalue weighted by Crippen LogP contribution is 2.42. The summed E-state index contributed by atoms with van der Waals surface area (Å²) in [6.07, 6.45) is 9.34. The van der Waals surface area contributed by atoms with Crippen LogP contribution in [0.25, 0.3) is 27.9 Å². The van der Waals surface area contributed by atoms with Crippen LogP contribution in [-0.4, -0.2) is 35.1 Å². The Morgan fingerprint density at radius 1 is 1.19 bits per heavy atom. The average molecular weight is 429 g/mol. The average Bonchev–Trinajstić information content (AvgIpc) is 3.17. The van der Waals surface area contributed by atoms with Gasteiger partial charge in [-0.25, -0.2) is 19.7 Å². The van der Waals surface area contributed by atoms with Crippen LogP contribution in [0, 0.1) is 6.92 Å². The summed E-state index contributed by atoms with van der Waals surface area (Å²) in [4.78, 5) is 25.6. The second-order valence-electron chi connectivity index (χ2n) is 7.79. The van der Waals surface area contributed by atoms with Gasteiger partial charge in [-0.3, -0.25) is 9.72 Å². The molecule has 5 heterocycles. The van der Waals surface area contributed by atoms with Crippen LogP contribution >= 0.6 is 0 Å². The number of rotatable bonds is 4. The number of amides is 2. The Hall–Kier alpha value is -4.41. The molecule has 0 spiro atoms. The lowest BCUT2D eigenvalue weighted by atomic mass is 10.1. The first kappa shape index (κ1) is 18.4. The summed E-state index contributed by atoms with van der Waals surface area (Å²) in [5.74, 6) is 1.37. The fraction of sp³-hybridized carbons (Fsp3) is 0.190. The van der Waals surface area contributed by atoms with Crippen LogP contribution in [0.4, 0.5) is 22.1 Å². The Labute approximate surface area is 181 Å². The van der Waals surface area contributed by atoms with Crippen molar-refractivity contribution in [1.82, 2.24) is 29.1 Å². The minimum Gasteiger partial charge on any atom is -0.383 e. The number of aromatic nitrogens is 6. The minimum atomic E-state index is -0.445. The SMILES string of the molecule is Cc1cc(NC(=O)Nc2ccc(-c3cn(C4CC4)c4ncnc(N)c34)n3ccnc23)no1. The molecule has 1 saturated carbocycles. The number of nitrogens with two attached hydrogens (primary N) is 1. The van der Waals surface area contributed by atoms with Crippen LogP contribution in [0.2, 0.25) is 0 Å². The van der Waals surface area contributed by atoms with Crippen LogP contribution in [0.1, 0.15) is 24.6 Å². The molecule has 0 atom stereocenters. The number of urea groups is 1. The number of nitrogen functional groups attached to an aromatic ring is 1. The van der Waals surface area contributed by atoms with E-state index in [1.807, 2.05) is 22.7 Å². The molecule has 0 aromatic carbocycles. The second-order valence-corrected chi connectivity index (χ2v) is 7.79. The van der Waals surface area contributed by atoms with Crippen LogP contribution in [0.3, 0.4) is 0 Å². The number of hydrogen-bond donors (Lipinski definition) is 3. The number of nitrogens with zero attached hydrogens (tertiary/aromatic N) is 6. The third kappa shape index (κ3) is 2.94. The summed E-state index contributed by atoms with van der Waals surface area (Å²) in [6.45, 7) is 1.75. The van der Waals surface area contributed by atoms with Crippen molar-refractivity contribution in [2.45, 2.75) is 25.8 Å². The van der Waals surface area contributed by atoms with Crippen molar-refractivity contribution < 1.29 is 9.32 Å². The highest BCUT2D eigenvalue weighted by molar-refractivity contribution is 6.03. The van der Waals surface area contributed by atoms with E-state index >= 15 is 0 Å². The predicted molar refractivity (Wildman–Crippen MR) is 118 cm³/mol. The molecule has 11 heteroatoms. The fourth-order valence-electron chi connectivity index (χ4n) is 3.96. The summed E-state index contributed by atoms with van der Waals surface area (Å²) in [6, 6.07) is 5.35. The van der Waals surface area contributed by atoms with E-state index in [9.17, 15) is 4.79 Å². The number of pyridine rings is 1. The zero-order valence-corrected chi connectivity index (χ0v) is 17.1. The predicted octanol–water partition coefficient (Wildman–Crippen LogP) is 3.60. The van der Waals surface area contributed by atoms with Crippen LogP contribution in [0.15, 0.2) is 47.6 Å². The minimum absolute atomic E-state index is 0.333. The first-order valence-corrected chi connectivity index (χ1v) is 10.2. The van der Waals surface area contributed by atoms with E-state index in [2.05, 4.69) is 41.5 Å². The zero-order chi connectivity index (χ0) is 21.8. The maximum atomic E-state index is 12.4. The van der Waals surface area contributed by atoms with Crippen molar-refractivity contribution in [3.05, 3.63) is 48.9 Å². The van der Waals surface area contributed by atoms with Gasteiger partial charge in [-0.2, -0.15) is 0 Å². The molecule has 0 unspecified atom stereocenters. The van der Waals surface area contributed by atoms with Crippen molar-refractivity contribution in [2.75, 3.05) is 16.4 Å². The van der Waals surface area contributed by atoms with Gasteiger partial charge in [0, 0.05) is 36.3 Å². The van der Waals surface area contributed by atoms with Gasteiger partial charge < -0.3 is 20.1 Å². The van der Waals surface area contributed by atoms with Gasteiger partial charge in [0.25, 0.3) is 0 Å². The van der Waals surface area contributed by atoms with Crippen molar-refractivity contribution in [2.24, 2.45) is 0 Å². The second kappa shape index (κ2) is 6.80. The largest absolute Gasteiger partial charge is 0.383 e. The number of imidazole rings is 1. The molecule has 11 nitrogen and oxygen atoms in total. The van der Waals surface area contributed by atoms with Gasteiger partial charge >= 0.3 is 6.03 Å². The third-order valence-electron chi connectivity index (χ3n) is 5.52. The Morgan fingerprint density at radius 3 is 2.84 bits per heavy atom. The maximum Gasteiger partial charge on any atom is 0.325 e. The molecule has 0 aliphatic heterocycles. The van der Waals surface area contributed by atoms with E-state index in [4.69, 9.17) is 10.3 Å². The quantitative estimate of drug-likeness (QED) is 0.396. The van der Waals surface area contributed by atoms with Gasteiger partial charge in [0.05, 0.1) is 16.8 Å². The molecule has 1 aliphatic rings. The molecule has 5 aromatic rings. The van der Waals surface area contributed by atoms with Gasteiger partial charge in [-0.05, 0) is 31.9 Å². The van der Waals surface area contributed by atoms with Crippen LogP contribution in [-0.2, 0) is 0 Å². The van der Waals surface area contributed by atoms with E-state index in [0.717, 1.165) is 35.1 Å². The van der Waals surface area contributed by atoms with Crippen molar-refractivity contribution in [3.8, 4) is 11.3 Å². The standard InChI is InChI=1S/C21H19N9O2/c1-11-8-16(28-32-11)27-21(31)26-14-4-5-15(29-7-6-23-19(14)29)13-9-30(12-2-3-12)20-17(13)18(22)24-10-25-20/h4-10,12H,2-3H2,1H3,(H2,22,24,25)(H2,26,27,28,31). The van der Waals surface area contributed by atoms with E-state index in [0.29, 0.717) is 34.8 Å². The lowest BCUT2D eigenvalue weighted by Gasteiger charge is -2.10. The normalized spacial score (nSPS) is 13.7. The highest BCUT2D eigenvalue weighted by Gasteiger charge is 2.28. The topological polar surface area (TPSA) is 141 Å². The maximum absolute atomic E-state index is 12.4. The van der Waals surface area contributed by atoms with Gasteiger partial charge in [0.2, 0.25) is 0 Å². The number of anilines is 3. The van der Waals surface area contributed by atoms with E-state index in [1.54, 1.807) is 19.2 Å². The molecule has 0 bridgehead atoms. The number of carbonyl (C=O) groups excluding carboxylic acids is 1. The van der Waals surface area contributed by atoms with E-state index < -0.39 is 6.03 Å². The summed E-state index contributed by atoms with van der Waals surface area (Å²) < 4.78 is 9.06. The molecule has 0 radical (unpaired) electrons. The Morgan fingerprint density at radius 2 is 2.06 bits per heavy atom. The smallest absolute Gasteiger partial charge is 0.325 e. The van der Waals surface area contributed by atoms with E-state index in [-0.39, 0.29) is 0 Å². The number of carbonyl (C=O) groups is 1. The van der Waals surface area contributed by atoms with Gasteiger partial charge in [-0.15, -0.1) is 0 Å². The fourth-order valence-corrected chi connectivity index (χ4v) is 3.96. The molecular weight excluding hydrogens is 410 g/mol. The number of hydrogen-bond acceptors (Lipinski definition) is 7. The van der Waals surface area contributed by atoms with Crippen LogP contribution < -0.4 is 16.4 Å². The lowest BCUT2D eigenvalue weighted by Crippen LogP contribution is -2.20. The molecule has 160 valence electrons. The highest BCUT2D eigenvalue weighted by atomic mass is 16.5. The molecule has 1 fully saturated rings. The summed E-state index contributed by atoms with van der Waals surface area (Å²) in [5, 5.41) is 10.0. The first-order valence-electron chi connectivity index (χ1n) is 10.2. The lowest BCUT2D eigenvalue weighted by molar-refractivity contribution is 0.262. The molecule has 0 saturated heterocycles. The monoisotopic (exact) mass is 429 g/mol. The summed E-state index contributed by atoms with van der Waals surface area (Å²) in [5.41, 5.74) is 10.0.